The van der Waals surface area contributed by atoms with E-state index in [2.05, 4.69) is 19.9 Å². The van der Waals surface area contributed by atoms with Crippen LogP contribution in [0.3, 0.4) is 0 Å². The first kappa shape index (κ1) is 11.5. The van der Waals surface area contributed by atoms with Crippen molar-refractivity contribution in [2.45, 2.75) is 11.8 Å². The zero-order valence-electron chi connectivity index (χ0n) is 8.81. The summed E-state index contributed by atoms with van der Waals surface area (Å²) in [6, 6.07) is 0.890. The summed E-state index contributed by atoms with van der Waals surface area (Å²) in [6.07, 6.45) is 3.47. The van der Waals surface area contributed by atoms with Crippen LogP contribution in [0.15, 0.2) is 29.6 Å². The molecular weight excluding hydrogens is 247 g/mol. The third-order valence-corrected chi connectivity index (χ3v) is 3.37. The maximum atomic E-state index is 12.9. The molecule has 6 nitrogen and oxygen atoms in total. The lowest BCUT2D eigenvalue weighted by atomic mass is 10.4. The van der Waals surface area contributed by atoms with Crippen LogP contribution in [0.25, 0.3) is 0 Å². The molecule has 0 saturated carbocycles. The van der Waals surface area contributed by atoms with Gasteiger partial charge in [-0.3, -0.25) is 14.8 Å². The van der Waals surface area contributed by atoms with E-state index in [1.54, 1.807) is 6.92 Å². The Bertz CT molecular complexity index is 638. The number of aromatic nitrogens is 3. The van der Waals surface area contributed by atoms with E-state index in [9.17, 15) is 12.8 Å². The van der Waals surface area contributed by atoms with Crippen molar-refractivity contribution in [1.29, 1.82) is 0 Å². The SMILES string of the molecule is Cc1cn[nH]c1NS(=O)(=O)c1cncc(F)c1. The third kappa shape index (κ3) is 2.41. The number of pyridine rings is 1. The topological polar surface area (TPSA) is 87.7 Å². The van der Waals surface area contributed by atoms with Crippen molar-refractivity contribution >= 4 is 15.8 Å². The molecule has 0 aliphatic rings. The van der Waals surface area contributed by atoms with Gasteiger partial charge < -0.3 is 0 Å². The summed E-state index contributed by atoms with van der Waals surface area (Å²) in [5, 5.41) is 6.17. The molecule has 0 saturated heterocycles. The van der Waals surface area contributed by atoms with Gasteiger partial charge in [0.05, 0.1) is 12.4 Å². The molecule has 0 aliphatic carbocycles. The first-order chi connectivity index (χ1) is 7.99. The molecule has 0 bridgehead atoms. The van der Waals surface area contributed by atoms with Crippen molar-refractivity contribution in [1.82, 2.24) is 15.2 Å². The molecule has 2 heterocycles. The highest BCUT2D eigenvalue weighted by molar-refractivity contribution is 7.92. The number of aryl methyl sites for hydroxylation is 1. The van der Waals surface area contributed by atoms with Crippen molar-refractivity contribution < 1.29 is 12.8 Å². The third-order valence-electron chi connectivity index (χ3n) is 2.06. The summed E-state index contributed by atoms with van der Waals surface area (Å²) in [7, 11) is -3.85. The summed E-state index contributed by atoms with van der Waals surface area (Å²) in [6.45, 7) is 1.69. The van der Waals surface area contributed by atoms with Gasteiger partial charge in [0.1, 0.15) is 16.5 Å². The average molecular weight is 256 g/mol. The van der Waals surface area contributed by atoms with E-state index in [0.717, 1.165) is 18.5 Å². The quantitative estimate of drug-likeness (QED) is 0.859. The number of halogens is 1. The Morgan fingerprint density at radius 2 is 2.12 bits per heavy atom. The summed E-state index contributed by atoms with van der Waals surface area (Å²) in [4.78, 5) is 3.24. The lowest BCUT2D eigenvalue weighted by molar-refractivity contribution is 0.592. The zero-order valence-corrected chi connectivity index (χ0v) is 9.62. The van der Waals surface area contributed by atoms with Gasteiger partial charge in [0.2, 0.25) is 0 Å². The number of anilines is 1. The highest BCUT2D eigenvalue weighted by atomic mass is 32.2. The summed E-state index contributed by atoms with van der Waals surface area (Å²) >= 11 is 0. The fraction of sp³-hybridized carbons (Fsp3) is 0.111. The number of nitrogens with zero attached hydrogens (tertiary/aromatic N) is 2. The van der Waals surface area contributed by atoms with Gasteiger partial charge in [-0.25, -0.2) is 12.8 Å². The minimum absolute atomic E-state index is 0.244. The van der Waals surface area contributed by atoms with Gasteiger partial charge in [0.25, 0.3) is 10.0 Å². The first-order valence-electron chi connectivity index (χ1n) is 4.62. The summed E-state index contributed by atoms with van der Waals surface area (Å²) in [5.74, 6) is -0.469. The van der Waals surface area contributed by atoms with Gasteiger partial charge in [0.15, 0.2) is 0 Å². The molecule has 8 heteroatoms. The molecule has 17 heavy (non-hydrogen) atoms. The van der Waals surface area contributed by atoms with Crippen molar-refractivity contribution in [3.63, 3.8) is 0 Å². The molecule has 0 amide bonds. The standard InChI is InChI=1S/C9H9FN4O2S/c1-6-3-12-13-9(6)14-17(15,16)8-2-7(10)4-11-5-8/h2-5H,1H3,(H2,12,13,14). The number of rotatable bonds is 3. The van der Waals surface area contributed by atoms with Crippen LogP contribution in [0.2, 0.25) is 0 Å². The highest BCUT2D eigenvalue weighted by Crippen LogP contribution is 2.16. The maximum absolute atomic E-state index is 12.9. The number of hydrogen-bond donors (Lipinski definition) is 2. The Morgan fingerprint density at radius 3 is 2.71 bits per heavy atom. The Kier molecular flexibility index (Phi) is 2.80. The molecule has 2 N–H and O–H groups in total. The van der Waals surface area contributed by atoms with E-state index >= 15 is 0 Å². The molecule has 0 spiro atoms. The zero-order chi connectivity index (χ0) is 12.5. The molecule has 0 aliphatic heterocycles. The highest BCUT2D eigenvalue weighted by Gasteiger charge is 2.17. The van der Waals surface area contributed by atoms with Crippen LogP contribution in [-0.2, 0) is 10.0 Å². The molecule has 0 aromatic carbocycles. The largest absolute Gasteiger partial charge is 0.264 e. The van der Waals surface area contributed by atoms with E-state index in [-0.39, 0.29) is 10.7 Å². The van der Waals surface area contributed by atoms with Crippen LogP contribution in [-0.4, -0.2) is 23.6 Å². The van der Waals surface area contributed by atoms with Crippen LogP contribution in [0.1, 0.15) is 5.56 Å². The van der Waals surface area contributed by atoms with Gasteiger partial charge in [0, 0.05) is 11.8 Å². The number of hydrogen-bond acceptors (Lipinski definition) is 4. The van der Waals surface area contributed by atoms with Crippen molar-refractivity contribution in [2.24, 2.45) is 0 Å². The normalized spacial score (nSPS) is 11.4. The monoisotopic (exact) mass is 256 g/mol. The molecule has 2 rings (SSSR count). The summed E-state index contributed by atoms with van der Waals surface area (Å²) in [5.41, 5.74) is 0.637. The Labute approximate surface area is 96.9 Å². The molecule has 0 unspecified atom stereocenters. The minimum atomic E-state index is -3.85. The van der Waals surface area contributed by atoms with Gasteiger partial charge >= 0.3 is 0 Å². The maximum Gasteiger partial charge on any atom is 0.264 e. The smallest absolute Gasteiger partial charge is 0.263 e. The molecule has 2 aromatic rings. The van der Waals surface area contributed by atoms with E-state index in [0.29, 0.717) is 5.56 Å². The molecular formula is C9H9FN4O2S. The van der Waals surface area contributed by atoms with Crippen LogP contribution in [0.5, 0.6) is 0 Å². The fourth-order valence-corrected chi connectivity index (χ4v) is 2.24. The van der Waals surface area contributed by atoms with Crippen LogP contribution in [0.4, 0.5) is 10.2 Å². The number of sulfonamides is 1. The van der Waals surface area contributed by atoms with Crippen LogP contribution >= 0.6 is 0 Å². The predicted molar refractivity (Wildman–Crippen MR) is 58.3 cm³/mol. The van der Waals surface area contributed by atoms with Crippen molar-refractivity contribution in [3.05, 3.63) is 36.0 Å². The lowest BCUT2D eigenvalue weighted by Crippen LogP contribution is -2.14. The average Bonchev–Trinajstić information content (AvgIpc) is 2.64. The van der Waals surface area contributed by atoms with Gasteiger partial charge in [-0.1, -0.05) is 0 Å². The Morgan fingerprint density at radius 1 is 1.35 bits per heavy atom. The van der Waals surface area contributed by atoms with Crippen molar-refractivity contribution in [2.75, 3.05) is 4.72 Å². The summed E-state index contributed by atoms with van der Waals surface area (Å²) < 4.78 is 38.8. The number of H-pyrrole nitrogens is 1. The second kappa shape index (κ2) is 4.13. The Hall–Kier alpha value is -1.96. The molecule has 0 radical (unpaired) electrons. The van der Waals surface area contributed by atoms with Gasteiger partial charge in [-0.15, -0.1) is 0 Å². The van der Waals surface area contributed by atoms with Crippen LogP contribution < -0.4 is 4.72 Å². The molecule has 0 fully saturated rings. The van der Waals surface area contributed by atoms with E-state index in [1.807, 2.05) is 0 Å². The van der Waals surface area contributed by atoms with E-state index < -0.39 is 15.8 Å². The number of nitrogens with one attached hydrogen (secondary N) is 2. The lowest BCUT2D eigenvalue weighted by Gasteiger charge is -2.06. The molecule has 90 valence electrons. The van der Waals surface area contributed by atoms with Gasteiger partial charge in [-0.05, 0) is 13.0 Å². The molecule has 0 atom stereocenters. The van der Waals surface area contributed by atoms with Crippen LogP contribution in [0, 0.1) is 12.7 Å². The van der Waals surface area contributed by atoms with E-state index in [1.165, 1.54) is 6.20 Å². The fourth-order valence-electron chi connectivity index (χ4n) is 1.18. The second-order valence-corrected chi connectivity index (χ2v) is 5.05. The first-order valence-corrected chi connectivity index (χ1v) is 6.11. The Balaban J connectivity index is 2.35. The van der Waals surface area contributed by atoms with E-state index in [4.69, 9.17) is 0 Å². The predicted octanol–water partition coefficient (Wildman–Crippen LogP) is 1.05. The van der Waals surface area contributed by atoms with Gasteiger partial charge in [-0.2, -0.15) is 5.10 Å². The molecule has 2 aromatic heterocycles. The van der Waals surface area contributed by atoms with Crippen molar-refractivity contribution in [3.8, 4) is 0 Å². The minimum Gasteiger partial charge on any atom is -0.263 e. The number of aromatic amines is 1. The second-order valence-electron chi connectivity index (χ2n) is 3.37.